The molecule has 7 nitrogen and oxygen atoms in total. The lowest BCUT2D eigenvalue weighted by molar-refractivity contribution is -0.146. The van der Waals surface area contributed by atoms with Crippen molar-refractivity contribution in [2.45, 2.75) is 39.0 Å². The van der Waals surface area contributed by atoms with Gasteiger partial charge in [0.1, 0.15) is 12.2 Å². The van der Waals surface area contributed by atoms with Crippen LogP contribution in [0.1, 0.15) is 35.5 Å². The van der Waals surface area contributed by atoms with Crippen LogP contribution in [0.2, 0.25) is 0 Å². The van der Waals surface area contributed by atoms with Crippen molar-refractivity contribution < 1.29 is 13.2 Å². The Labute approximate surface area is 212 Å². The molecular weight excluding hydrogens is 478 g/mol. The highest BCUT2D eigenvalue weighted by atomic mass is 19.4. The van der Waals surface area contributed by atoms with Gasteiger partial charge in [0.05, 0.1) is 23.0 Å². The van der Waals surface area contributed by atoms with E-state index in [9.17, 15) is 13.2 Å². The van der Waals surface area contributed by atoms with Crippen LogP contribution < -0.4 is 0 Å². The van der Waals surface area contributed by atoms with Gasteiger partial charge in [0, 0.05) is 30.5 Å². The van der Waals surface area contributed by atoms with Gasteiger partial charge in [0.25, 0.3) is 0 Å². The first-order valence-corrected chi connectivity index (χ1v) is 11.7. The van der Waals surface area contributed by atoms with Crippen LogP contribution >= 0.6 is 0 Å². The van der Waals surface area contributed by atoms with Gasteiger partial charge < -0.3 is 9.79 Å². The lowest BCUT2D eigenvalue weighted by atomic mass is 9.94. The molecule has 37 heavy (non-hydrogen) atoms. The highest BCUT2D eigenvalue weighted by molar-refractivity contribution is 6.04. The third-order valence-electron chi connectivity index (χ3n) is 6.18. The van der Waals surface area contributed by atoms with E-state index < -0.39 is 12.1 Å². The molecule has 0 amide bonds. The third kappa shape index (κ3) is 5.26. The summed E-state index contributed by atoms with van der Waals surface area (Å²) in [7, 11) is 6.29. The van der Waals surface area contributed by atoms with E-state index in [1.165, 1.54) is 17.2 Å². The monoisotopic (exact) mass is 501 g/mol. The van der Waals surface area contributed by atoms with Crippen LogP contribution in [-0.4, -0.2) is 48.5 Å². The zero-order valence-corrected chi connectivity index (χ0v) is 20.2. The van der Waals surface area contributed by atoms with Crippen molar-refractivity contribution in [3.8, 4) is 22.6 Å². The number of alkyl halides is 3. The average Bonchev–Trinajstić information content (AvgIpc) is 3.50. The second-order valence-corrected chi connectivity index (χ2v) is 8.92. The van der Waals surface area contributed by atoms with Crippen LogP contribution in [0.4, 0.5) is 13.2 Å². The summed E-state index contributed by atoms with van der Waals surface area (Å²) in [5.41, 5.74) is 5.14. The van der Waals surface area contributed by atoms with Gasteiger partial charge in [0.15, 0.2) is 13.6 Å². The number of benzene rings is 1. The van der Waals surface area contributed by atoms with Crippen LogP contribution in [0, 0.1) is 6.92 Å². The molecule has 5 aromatic rings. The number of H-pyrrole nitrogens is 1. The lowest BCUT2D eigenvalue weighted by Crippen LogP contribution is -2.23. The second kappa shape index (κ2) is 9.81. The van der Waals surface area contributed by atoms with E-state index in [0.29, 0.717) is 34.1 Å². The van der Waals surface area contributed by atoms with E-state index in [0.717, 1.165) is 18.2 Å². The fourth-order valence-electron chi connectivity index (χ4n) is 4.27. The molecule has 1 aromatic carbocycles. The van der Waals surface area contributed by atoms with Gasteiger partial charge in [-0.2, -0.15) is 18.3 Å². The molecule has 0 aliphatic rings. The number of fused-ring (bicyclic) bond motifs is 1. The SMILES string of the molecule is [B]N(Cc1nc(-c2ccc3ncnn3c2)c(-c2cccc(C)n2)[nH]1)Cc1ccccc1C(C)C(F)(F)F. The number of aromatic nitrogens is 6. The lowest BCUT2D eigenvalue weighted by Gasteiger charge is -2.22. The third-order valence-corrected chi connectivity index (χ3v) is 6.18. The number of imidazole rings is 1. The predicted molar refractivity (Wildman–Crippen MR) is 134 cm³/mol. The van der Waals surface area contributed by atoms with Crippen molar-refractivity contribution in [2.75, 3.05) is 0 Å². The molecule has 0 saturated carbocycles. The van der Waals surface area contributed by atoms with Gasteiger partial charge in [-0.25, -0.2) is 14.5 Å². The summed E-state index contributed by atoms with van der Waals surface area (Å²) < 4.78 is 41.9. The zero-order chi connectivity index (χ0) is 26.2. The van der Waals surface area contributed by atoms with E-state index in [2.05, 4.69) is 20.1 Å². The minimum absolute atomic E-state index is 0.121. The molecule has 4 aromatic heterocycles. The number of hydrogen-bond acceptors (Lipinski definition) is 5. The maximum Gasteiger partial charge on any atom is 0.395 e. The van der Waals surface area contributed by atoms with Crippen molar-refractivity contribution in [3.63, 3.8) is 0 Å². The van der Waals surface area contributed by atoms with E-state index in [1.54, 1.807) is 22.7 Å². The molecule has 2 radical (unpaired) electrons. The van der Waals surface area contributed by atoms with E-state index in [-0.39, 0.29) is 18.7 Å². The summed E-state index contributed by atoms with van der Waals surface area (Å²) in [4.78, 5) is 18.4. The number of pyridine rings is 2. The summed E-state index contributed by atoms with van der Waals surface area (Å²) >= 11 is 0. The molecule has 0 fully saturated rings. The molecule has 5 rings (SSSR count). The van der Waals surface area contributed by atoms with Crippen LogP contribution in [0.25, 0.3) is 28.3 Å². The zero-order valence-electron chi connectivity index (χ0n) is 20.2. The number of hydrogen-bond donors (Lipinski definition) is 1. The van der Waals surface area contributed by atoms with E-state index in [1.807, 2.05) is 43.5 Å². The predicted octanol–water partition coefficient (Wildman–Crippen LogP) is 5.24. The average molecular weight is 501 g/mol. The van der Waals surface area contributed by atoms with Gasteiger partial charge in [-0.1, -0.05) is 30.3 Å². The molecule has 0 aliphatic carbocycles. The molecule has 186 valence electrons. The summed E-state index contributed by atoms with van der Waals surface area (Å²) in [5, 5.41) is 4.21. The highest BCUT2D eigenvalue weighted by Gasteiger charge is 2.38. The first kappa shape index (κ1) is 24.7. The molecule has 0 bridgehead atoms. The molecule has 1 atom stereocenters. The molecule has 0 aliphatic heterocycles. The number of aromatic amines is 1. The highest BCUT2D eigenvalue weighted by Crippen LogP contribution is 2.36. The fourth-order valence-corrected chi connectivity index (χ4v) is 4.27. The van der Waals surface area contributed by atoms with Gasteiger partial charge >= 0.3 is 6.18 Å². The Kier molecular flexibility index (Phi) is 6.55. The van der Waals surface area contributed by atoms with Gasteiger partial charge in [-0.05, 0) is 49.2 Å². The molecular formula is C26H23BF3N7. The maximum atomic E-state index is 13.4. The Bertz CT molecular complexity index is 1540. The first-order valence-electron chi connectivity index (χ1n) is 11.7. The van der Waals surface area contributed by atoms with E-state index in [4.69, 9.17) is 13.0 Å². The molecule has 1 unspecified atom stereocenters. The number of rotatable bonds is 7. The van der Waals surface area contributed by atoms with Crippen molar-refractivity contribution in [1.29, 1.82) is 0 Å². The molecule has 11 heteroatoms. The summed E-state index contributed by atoms with van der Waals surface area (Å²) in [6, 6.07) is 15.9. The fraction of sp³-hybridized carbons (Fsp3) is 0.231. The Hall–Kier alpha value is -3.99. The number of halogens is 3. The normalized spacial score (nSPS) is 12.9. The van der Waals surface area contributed by atoms with Crippen LogP contribution in [-0.2, 0) is 13.1 Å². The quantitative estimate of drug-likeness (QED) is 0.309. The Morgan fingerprint density at radius 3 is 2.62 bits per heavy atom. The van der Waals surface area contributed by atoms with E-state index >= 15 is 0 Å². The number of aryl methyl sites for hydroxylation is 1. The second-order valence-electron chi connectivity index (χ2n) is 8.92. The Morgan fingerprint density at radius 2 is 1.84 bits per heavy atom. The van der Waals surface area contributed by atoms with Crippen molar-refractivity contribution in [1.82, 2.24) is 34.4 Å². The van der Waals surface area contributed by atoms with Crippen LogP contribution in [0.3, 0.4) is 0 Å². The van der Waals surface area contributed by atoms with Crippen molar-refractivity contribution in [2.24, 2.45) is 0 Å². The molecule has 0 saturated heterocycles. The summed E-state index contributed by atoms with van der Waals surface area (Å²) in [5.74, 6) is -1.05. The topological polar surface area (TPSA) is 75.0 Å². The first-order chi connectivity index (χ1) is 17.7. The Morgan fingerprint density at radius 1 is 1.03 bits per heavy atom. The summed E-state index contributed by atoms with van der Waals surface area (Å²) in [6.07, 6.45) is -1.04. The molecule has 1 N–H and O–H groups in total. The largest absolute Gasteiger partial charge is 0.395 e. The van der Waals surface area contributed by atoms with Gasteiger partial charge in [-0.3, -0.25) is 4.98 Å². The standard InChI is InChI=1S/C26H23BF3N7/c1-16-6-5-9-21(33-16)25-24(19-10-11-23-31-15-32-37(23)13-19)34-22(35-25)14-36(27)12-18-7-3-4-8-20(18)17(2)26(28,29)30/h3-11,13,15,17H,12,14H2,1-2H3,(H,34,35). The Balaban J connectivity index is 1.46. The van der Waals surface area contributed by atoms with Crippen LogP contribution in [0.15, 0.2) is 67.1 Å². The number of nitrogens with zero attached hydrogens (tertiary/aromatic N) is 6. The smallest absolute Gasteiger partial charge is 0.344 e. The van der Waals surface area contributed by atoms with Gasteiger partial charge in [0.2, 0.25) is 0 Å². The maximum absolute atomic E-state index is 13.4. The van der Waals surface area contributed by atoms with Crippen LogP contribution in [0.5, 0.6) is 0 Å². The summed E-state index contributed by atoms with van der Waals surface area (Å²) in [6.45, 7) is 3.36. The van der Waals surface area contributed by atoms with Crippen molar-refractivity contribution >= 4 is 13.6 Å². The molecule has 4 heterocycles. The molecule has 0 spiro atoms. The minimum atomic E-state index is -4.34. The van der Waals surface area contributed by atoms with Gasteiger partial charge in [-0.15, -0.1) is 0 Å². The van der Waals surface area contributed by atoms with Crippen molar-refractivity contribution in [3.05, 3.63) is 89.8 Å². The number of nitrogens with one attached hydrogen (secondary N) is 1. The minimum Gasteiger partial charge on any atom is -0.344 e.